The third-order valence-corrected chi connectivity index (χ3v) is 3.93. The smallest absolute Gasteiger partial charge is 0.228 e. The molecule has 1 aliphatic heterocycles. The number of hydrogen-bond donors (Lipinski definition) is 0. The Bertz CT molecular complexity index is 504. The summed E-state index contributed by atoms with van der Waals surface area (Å²) in [7, 11) is 0. The van der Waals surface area contributed by atoms with Crippen molar-refractivity contribution in [1.29, 1.82) is 0 Å². The highest BCUT2D eigenvalue weighted by Gasteiger charge is 2.32. The summed E-state index contributed by atoms with van der Waals surface area (Å²) in [5, 5.41) is -0.0247. The second kappa shape index (κ2) is 5.10. The van der Waals surface area contributed by atoms with E-state index in [9.17, 15) is 14.0 Å². The summed E-state index contributed by atoms with van der Waals surface area (Å²) in [6, 6.07) is 4.70. The molecular weight excluding hydrogens is 253 g/mol. The van der Waals surface area contributed by atoms with Crippen molar-refractivity contribution in [2.45, 2.75) is 25.5 Å². The van der Waals surface area contributed by atoms with Crippen molar-refractivity contribution in [3.8, 4) is 0 Å². The molecule has 1 aromatic rings. The predicted molar refractivity (Wildman–Crippen MR) is 70.2 cm³/mol. The summed E-state index contributed by atoms with van der Waals surface area (Å²) < 4.78 is 13.5. The van der Waals surface area contributed by atoms with Crippen LogP contribution >= 0.6 is 11.8 Å². The van der Waals surface area contributed by atoms with Crippen LogP contribution in [-0.4, -0.2) is 22.8 Å². The number of anilines is 1. The number of thioether (sulfide) groups is 1. The Hall–Kier alpha value is -1.36. The molecule has 3 nitrogen and oxygen atoms in total. The van der Waals surface area contributed by atoms with Gasteiger partial charge >= 0.3 is 0 Å². The van der Waals surface area contributed by atoms with Crippen molar-refractivity contribution < 1.29 is 14.0 Å². The quantitative estimate of drug-likeness (QED) is 0.826. The molecule has 1 aromatic carbocycles. The first kappa shape index (κ1) is 13.1. The number of halogens is 1. The van der Waals surface area contributed by atoms with Gasteiger partial charge in [0.15, 0.2) is 5.12 Å². The maximum Gasteiger partial charge on any atom is 0.228 e. The zero-order chi connectivity index (χ0) is 13.3. The second-order valence-electron chi connectivity index (χ2n) is 4.32. The first-order valence-corrected chi connectivity index (χ1v) is 6.59. The van der Waals surface area contributed by atoms with E-state index in [0.717, 1.165) is 0 Å². The van der Waals surface area contributed by atoms with Gasteiger partial charge in [-0.05, 0) is 19.1 Å². The fraction of sp³-hybridized carbons (Fsp3) is 0.385. The van der Waals surface area contributed by atoms with Crippen LogP contribution in [0.3, 0.4) is 0 Å². The lowest BCUT2D eigenvalue weighted by atomic mass is 10.2. The monoisotopic (exact) mass is 267 g/mol. The van der Waals surface area contributed by atoms with Crippen LogP contribution in [0.5, 0.6) is 0 Å². The molecule has 1 atom stereocenters. The molecule has 1 fully saturated rings. The van der Waals surface area contributed by atoms with E-state index in [1.807, 2.05) is 0 Å². The van der Waals surface area contributed by atoms with Crippen molar-refractivity contribution in [2.75, 3.05) is 11.4 Å². The predicted octanol–water partition coefficient (Wildman–Crippen LogP) is 2.52. The molecule has 1 aliphatic rings. The lowest BCUT2D eigenvalue weighted by Crippen LogP contribution is -2.26. The Balaban J connectivity index is 2.22. The van der Waals surface area contributed by atoms with E-state index >= 15 is 0 Å². The molecule has 18 heavy (non-hydrogen) atoms. The summed E-state index contributed by atoms with van der Waals surface area (Å²) in [5.74, 6) is -0.370. The molecule has 0 bridgehead atoms. The molecule has 0 saturated carbocycles. The molecule has 1 unspecified atom stereocenters. The number of nitrogens with zero attached hydrogens (tertiary/aromatic N) is 1. The van der Waals surface area contributed by atoms with E-state index < -0.39 is 0 Å². The molecule has 2 rings (SSSR count). The van der Waals surface area contributed by atoms with E-state index in [-0.39, 0.29) is 22.1 Å². The number of carbonyl (C=O) groups excluding carboxylic acids is 2. The number of carbonyl (C=O) groups is 2. The van der Waals surface area contributed by atoms with E-state index in [4.69, 9.17) is 0 Å². The SMILES string of the molecule is CC(=O)SC1CC(=O)N(c2cccc(F)c2C)C1. The minimum absolute atomic E-state index is 0.00520. The van der Waals surface area contributed by atoms with Gasteiger partial charge in [0.1, 0.15) is 5.82 Å². The van der Waals surface area contributed by atoms with Gasteiger partial charge < -0.3 is 4.90 Å². The Morgan fingerprint density at radius 2 is 2.22 bits per heavy atom. The Labute approximate surface area is 109 Å². The zero-order valence-corrected chi connectivity index (χ0v) is 11.1. The van der Waals surface area contributed by atoms with Gasteiger partial charge in [-0.1, -0.05) is 17.8 Å². The fourth-order valence-corrected chi connectivity index (χ4v) is 3.03. The van der Waals surface area contributed by atoms with Gasteiger partial charge in [0.05, 0.1) is 0 Å². The molecule has 0 aliphatic carbocycles. The molecule has 96 valence electrons. The van der Waals surface area contributed by atoms with Crippen LogP contribution in [-0.2, 0) is 9.59 Å². The minimum Gasteiger partial charge on any atom is -0.311 e. The highest BCUT2D eigenvalue weighted by molar-refractivity contribution is 8.14. The van der Waals surface area contributed by atoms with Crippen LogP contribution in [0.15, 0.2) is 18.2 Å². The van der Waals surface area contributed by atoms with Gasteiger partial charge in [-0.3, -0.25) is 9.59 Å². The number of hydrogen-bond acceptors (Lipinski definition) is 3. The van der Waals surface area contributed by atoms with Crippen LogP contribution in [0, 0.1) is 12.7 Å². The highest BCUT2D eigenvalue weighted by Crippen LogP contribution is 2.31. The van der Waals surface area contributed by atoms with Crippen molar-refractivity contribution in [1.82, 2.24) is 0 Å². The van der Waals surface area contributed by atoms with Gasteiger partial charge in [0, 0.05) is 36.4 Å². The van der Waals surface area contributed by atoms with E-state index in [1.54, 1.807) is 24.0 Å². The Kier molecular flexibility index (Phi) is 3.71. The molecule has 0 radical (unpaired) electrons. The minimum atomic E-state index is -0.317. The third-order valence-electron chi connectivity index (χ3n) is 2.95. The van der Waals surface area contributed by atoms with Crippen LogP contribution in [0.4, 0.5) is 10.1 Å². The maximum atomic E-state index is 13.5. The molecular formula is C13H14FNO2S. The van der Waals surface area contributed by atoms with Gasteiger partial charge in [-0.2, -0.15) is 0 Å². The average Bonchev–Trinajstić information content (AvgIpc) is 2.62. The Morgan fingerprint density at radius 1 is 1.50 bits per heavy atom. The largest absolute Gasteiger partial charge is 0.311 e. The van der Waals surface area contributed by atoms with Crippen LogP contribution in [0.25, 0.3) is 0 Å². The van der Waals surface area contributed by atoms with Crippen molar-refractivity contribution in [3.63, 3.8) is 0 Å². The van der Waals surface area contributed by atoms with Gasteiger partial charge in [-0.25, -0.2) is 4.39 Å². The van der Waals surface area contributed by atoms with E-state index in [1.165, 1.54) is 24.8 Å². The normalized spacial score (nSPS) is 19.4. The van der Waals surface area contributed by atoms with E-state index in [2.05, 4.69) is 0 Å². The summed E-state index contributed by atoms with van der Waals surface area (Å²) in [6.07, 6.45) is 0.334. The molecule has 0 spiro atoms. The van der Waals surface area contributed by atoms with Crippen LogP contribution in [0.1, 0.15) is 18.9 Å². The standard InChI is InChI=1S/C13H14FNO2S/c1-8-11(14)4-3-5-12(8)15-7-10(6-13(15)17)18-9(2)16/h3-5,10H,6-7H2,1-2H3. The number of benzene rings is 1. The Morgan fingerprint density at radius 3 is 2.89 bits per heavy atom. The number of amides is 1. The zero-order valence-electron chi connectivity index (χ0n) is 10.3. The first-order valence-electron chi connectivity index (χ1n) is 5.71. The summed E-state index contributed by atoms with van der Waals surface area (Å²) >= 11 is 1.18. The van der Waals surface area contributed by atoms with Crippen molar-refractivity contribution in [2.24, 2.45) is 0 Å². The van der Waals surface area contributed by atoms with E-state index in [0.29, 0.717) is 24.2 Å². The second-order valence-corrected chi connectivity index (χ2v) is 5.80. The average molecular weight is 267 g/mol. The summed E-state index contributed by atoms with van der Waals surface area (Å²) in [4.78, 5) is 24.5. The van der Waals surface area contributed by atoms with Gasteiger partial charge in [0.25, 0.3) is 0 Å². The number of rotatable bonds is 2. The molecule has 1 saturated heterocycles. The van der Waals surface area contributed by atoms with Crippen LogP contribution < -0.4 is 4.90 Å². The molecule has 1 heterocycles. The molecule has 5 heteroatoms. The lowest BCUT2D eigenvalue weighted by molar-refractivity contribution is -0.117. The third kappa shape index (κ3) is 2.56. The maximum absolute atomic E-state index is 13.5. The fourth-order valence-electron chi connectivity index (χ4n) is 2.11. The molecule has 0 aromatic heterocycles. The first-order chi connectivity index (χ1) is 8.49. The topological polar surface area (TPSA) is 37.4 Å². The summed E-state index contributed by atoms with van der Waals surface area (Å²) in [5.41, 5.74) is 1.07. The molecule has 0 N–H and O–H groups in total. The van der Waals surface area contributed by atoms with Gasteiger partial charge in [-0.15, -0.1) is 0 Å². The van der Waals surface area contributed by atoms with Crippen molar-refractivity contribution >= 4 is 28.5 Å². The lowest BCUT2D eigenvalue weighted by Gasteiger charge is -2.19. The van der Waals surface area contributed by atoms with Crippen molar-refractivity contribution in [3.05, 3.63) is 29.6 Å². The highest BCUT2D eigenvalue weighted by atomic mass is 32.2. The molecule has 1 amide bonds. The van der Waals surface area contributed by atoms with Gasteiger partial charge in [0.2, 0.25) is 5.91 Å². The summed E-state index contributed by atoms with van der Waals surface area (Å²) in [6.45, 7) is 3.61. The van der Waals surface area contributed by atoms with Crippen LogP contribution in [0.2, 0.25) is 0 Å².